The third-order valence-electron chi connectivity index (χ3n) is 0. The van der Waals surface area contributed by atoms with Crippen LogP contribution in [0, 0.1) is 0 Å². The topological polar surface area (TPSA) is 74.6 Å². The van der Waals surface area contributed by atoms with Crippen molar-refractivity contribution < 1.29 is 70.3 Å². The van der Waals surface area contributed by atoms with E-state index in [-0.39, 0.29) is 70.2 Å². The average molecular weight is 302 g/mol. The zero-order valence-corrected chi connectivity index (χ0v) is 12.2. The second-order valence-corrected chi connectivity index (χ2v) is 8.02. The minimum absolute atomic E-state index is 0. The number of rotatable bonds is 0. The summed E-state index contributed by atoms with van der Waals surface area (Å²) < 4.78 is 31.6. The van der Waals surface area contributed by atoms with Gasteiger partial charge < -0.3 is 1.43 Å². The maximum absolute atomic E-state index is 8.74. The summed E-state index contributed by atoms with van der Waals surface area (Å²) >= 11 is -1.72. The van der Waals surface area contributed by atoms with Crippen LogP contribution in [0.25, 0.3) is 0 Å². The Balaban J connectivity index is -0.0000000221. The smallest absolute Gasteiger partial charge is 1.00 e. The van der Waals surface area contributed by atoms with Crippen molar-refractivity contribution in [2.45, 2.75) is 0 Å². The Bertz CT molecular complexity index is 140. The SMILES string of the molecule is O=S(=O)(O)O.[AlH3].[Cl][Al]([Cl])[Cl].[H-].[K+]. The molecule has 0 spiro atoms. The van der Waals surface area contributed by atoms with Crippen molar-refractivity contribution in [1.29, 1.82) is 0 Å². The average Bonchev–Trinajstić information content (AvgIpc) is 1.19. The Morgan fingerprint density at radius 1 is 1.18 bits per heavy atom. The molecule has 0 rings (SSSR count). The Hall–Kier alpha value is 3.44. The van der Waals surface area contributed by atoms with Gasteiger partial charge in [0.1, 0.15) is 0 Å². The van der Waals surface area contributed by atoms with Gasteiger partial charge in [-0.3, -0.25) is 9.11 Å². The Kier molecular flexibility index (Phi) is 29.2. The molecule has 0 aliphatic carbocycles. The van der Waals surface area contributed by atoms with Crippen LogP contribution in [0.4, 0.5) is 0 Å². The van der Waals surface area contributed by atoms with Crippen LogP contribution in [-0.4, -0.2) is 46.3 Å². The fourth-order valence-electron chi connectivity index (χ4n) is 0. The van der Waals surface area contributed by atoms with Gasteiger partial charge in [-0.2, -0.15) is 8.42 Å². The summed E-state index contributed by atoms with van der Waals surface area (Å²) in [5.74, 6) is 0. The molecule has 0 amide bonds. The summed E-state index contributed by atoms with van der Waals surface area (Å²) in [5.41, 5.74) is 0. The van der Waals surface area contributed by atoms with Crippen molar-refractivity contribution >= 4 is 69.3 Å². The van der Waals surface area contributed by atoms with E-state index in [1.54, 1.807) is 0 Å². The summed E-state index contributed by atoms with van der Waals surface area (Å²) in [6, 6.07) is 0. The normalized spacial score (nSPS) is 7.73. The molecule has 0 aromatic carbocycles. The minimum Gasteiger partial charge on any atom is -1.00 e. The van der Waals surface area contributed by atoms with E-state index in [0.717, 1.165) is 0 Å². The third kappa shape index (κ3) is 149. The van der Waals surface area contributed by atoms with E-state index in [4.69, 9.17) is 47.7 Å². The van der Waals surface area contributed by atoms with Crippen LogP contribution < -0.4 is 51.4 Å². The summed E-state index contributed by atoms with van der Waals surface area (Å²) in [7, 11) is 10.2. The maximum atomic E-state index is 8.74. The predicted molar refractivity (Wildman–Crippen MR) is 48.5 cm³/mol. The van der Waals surface area contributed by atoms with E-state index in [1.807, 2.05) is 0 Å². The molecule has 0 radical (unpaired) electrons. The first-order chi connectivity index (χ1) is 3.73. The first-order valence-corrected chi connectivity index (χ1v) is 7.99. The van der Waals surface area contributed by atoms with Gasteiger partial charge in [0, 0.05) is 0 Å². The molecule has 0 fully saturated rings. The van der Waals surface area contributed by atoms with Crippen molar-refractivity contribution in [1.82, 2.24) is 0 Å². The molecular formula is H6Al2Cl3KO4S. The predicted octanol–water partition coefficient (Wildman–Crippen LogP) is -3.03. The molecular weight excluding hydrogens is 295 g/mol. The van der Waals surface area contributed by atoms with Crippen LogP contribution in [0.2, 0.25) is 0 Å². The fourth-order valence-corrected chi connectivity index (χ4v) is 0. The van der Waals surface area contributed by atoms with Crippen LogP contribution in [0.5, 0.6) is 0 Å². The van der Waals surface area contributed by atoms with Crippen LogP contribution in [0.15, 0.2) is 0 Å². The molecule has 0 aliphatic heterocycles. The van der Waals surface area contributed by atoms with Crippen molar-refractivity contribution in [3.8, 4) is 0 Å². The molecule has 0 aromatic rings. The molecule has 4 nitrogen and oxygen atoms in total. The maximum Gasteiger partial charge on any atom is 1.00 e. The van der Waals surface area contributed by atoms with E-state index in [0.29, 0.717) is 0 Å². The third-order valence-corrected chi connectivity index (χ3v) is 0. The van der Waals surface area contributed by atoms with Gasteiger partial charge in [0.25, 0.3) is 0 Å². The van der Waals surface area contributed by atoms with Gasteiger partial charge in [-0.1, -0.05) is 0 Å². The van der Waals surface area contributed by atoms with Crippen molar-refractivity contribution in [2.24, 2.45) is 0 Å². The van der Waals surface area contributed by atoms with Crippen LogP contribution in [-0.2, 0) is 10.4 Å². The van der Waals surface area contributed by atoms with Crippen LogP contribution in [0.3, 0.4) is 0 Å². The number of halogens is 3. The van der Waals surface area contributed by atoms with Gasteiger partial charge >= 0.3 is 73.2 Å². The molecule has 0 aliphatic rings. The molecule has 0 saturated carbocycles. The van der Waals surface area contributed by atoms with Crippen LogP contribution >= 0.6 is 30.1 Å². The molecule has 11 heavy (non-hydrogen) atoms. The van der Waals surface area contributed by atoms with E-state index in [1.165, 1.54) is 0 Å². The van der Waals surface area contributed by atoms with Crippen molar-refractivity contribution in [3.05, 3.63) is 0 Å². The fraction of sp³-hybridized carbons (Fsp3) is 0. The Morgan fingerprint density at radius 2 is 1.18 bits per heavy atom. The Labute approximate surface area is 137 Å². The number of hydrogen-bond acceptors (Lipinski definition) is 2. The first-order valence-electron chi connectivity index (χ1n) is 1.35. The summed E-state index contributed by atoms with van der Waals surface area (Å²) in [6.45, 7) is 0. The first kappa shape index (κ1) is 23.9. The van der Waals surface area contributed by atoms with Gasteiger partial charge in [0.2, 0.25) is 0 Å². The molecule has 0 aromatic heterocycles. The molecule has 0 atom stereocenters. The zero-order valence-electron chi connectivity index (χ0n) is 5.83. The molecule has 11 heteroatoms. The molecule has 64 valence electrons. The zero-order chi connectivity index (χ0) is 8.08. The largest absolute Gasteiger partial charge is 1.00 e. The molecule has 0 heterocycles. The van der Waals surface area contributed by atoms with E-state index >= 15 is 0 Å². The second-order valence-electron chi connectivity index (χ2n) is 0.695. The molecule has 0 saturated heterocycles. The standard InChI is InChI=1S/2Al.3ClH.K.H2O4S.4H/c;;;;;;1-5(2,3)4;;;;/h;;3*1H;;(H2,1,2,3,4);;;;/q;+3;;;;+1;;;;;-1/p-3. The van der Waals surface area contributed by atoms with Gasteiger partial charge in [0.05, 0.1) is 0 Å². The van der Waals surface area contributed by atoms with Gasteiger partial charge in [-0.25, -0.2) is 30.1 Å². The van der Waals surface area contributed by atoms with E-state index in [9.17, 15) is 0 Å². The minimum atomic E-state index is -4.67. The summed E-state index contributed by atoms with van der Waals surface area (Å²) in [5, 5.41) is 0. The van der Waals surface area contributed by atoms with E-state index in [2.05, 4.69) is 0 Å². The Morgan fingerprint density at radius 3 is 1.18 bits per heavy atom. The quantitative estimate of drug-likeness (QED) is 0.369. The van der Waals surface area contributed by atoms with Gasteiger partial charge in [0.15, 0.2) is 17.4 Å². The molecule has 0 unspecified atom stereocenters. The summed E-state index contributed by atoms with van der Waals surface area (Å²) in [4.78, 5) is 0. The van der Waals surface area contributed by atoms with Crippen molar-refractivity contribution in [3.63, 3.8) is 0 Å². The van der Waals surface area contributed by atoms with Gasteiger partial charge in [-0.15, -0.1) is 0 Å². The van der Waals surface area contributed by atoms with Gasteiger partial charge in [-0.05, 0) is 0 Å². The monoisotopic (exact) mass is 300 g/mol. The summed E-state index contributed by atoms with van der Waals surface area (Å²) in [6.07, 6.45) is 0. The molecule has 0 bridgehead atoms. The number of hydrogen-bond donors (Lipinski definition) is 2. The second kappa shape index (κ2) is 13.4. The van der Waals surface area contributed by atoms with Crippen molar-refractivity contribution in [2.75, 3.05) is 0 Å². The molecule has 2 N–H and O–H groups in total. The van der Waals surface area contributed by atoms with Crippen LogP contribution in [0.1, 0.15) is 1.43 Å². The van der Waals surface area contributed by atoms with E-state index < -0.39 is 21.8 Å².